The highest BCUT2D eigenvalue weighted by atomic mass is 19.4. The molecule has 1 fully saturated rings. The number of benzene rings is 1. The maximum Gasteiger partial charge on any atom is 0.416 e. The normalized spacial score (nSPS) is 20.7. The zero-order chi connectivity index (χ0) is 15.9. The van der Waals surface area contributed by atoms with Crippen molar-refractivity contribution in [3.63, 3.8) is 0 Å². The molecule has 1 aliphatic carbocycles. The van der Waals surface area contributed by atoms with Crippen LogP contribution in [0.4, 0.5) is 13.2 Å². The molecule has 1 aromatic heterocycles. The van der Waals surface area contributed by atoms with Crippen LogP contribution in [0.15, 0.2) is 30.5 Å². The van der Waals surface area contributed by atoms with E-state index in [1.165, 1.54) is 18.3 Å². The van der Waals surface area contributed by atoms with Crippen LogP contribution < -0.4 is 5.32 Å². The molecule has 4 nitrogen and oxygen atoms in total. The second-order valence-corrected chi connectivity index (χ2v) is 5.42. The van der Waals surface area contributed by atoms with Gasteiger partial charge in [0.1, 0.15) is 0 Å². The lowest BCUT2D eigenvalue weighted by Gasteiger charge is -2.12. The van der Waals surface area contributed by atoms with E-state index in [2.05, 4.69) is 15.5 Å². The molecule has 2 unspecified atom stereocenters. The van der Waals surface area contributed by atoms with Gasteiger partial charge in [-0.25, -0.2) is 0 Å². The molecule has 0 saturated heterocycles. The average Bonchev–Trinajstić information content (AvgIpc) is 3.08. The van der Waals surface area contributed by atoms with E-state index in [4.69, 9.17) is 0 Å². The van der Waals surface area contributed by atoms with Crippen molar-refractivity contribution in [2.24, 2.45) is 0 Å². The second kappa shape index (κ2) is 5.15. The number of alkyl halides is 3. The Labute approximate surface area is 124 Å². The summed E-state index contributed by atoms with van der Waals surface area (Å²) in [5.74, 6) is -0.614. The molecule has 1 amide bonds. The summed E-state index contributed by atoms with van der Waals surface area (Å²) >= 11 is 0. The fourth-order valence-electron chi connectivity index (χ4n) is 2.60. The molecule has 1 saturated carbocycles. The number of halogens is 3. The van der Waals surface area contributed by atoms with E-state index in [0.717, 1.165) is 6.07 Å². The molecule has 0 bridgehead atoms. The number of aromatic nitrogens is 2. The minimum Gasteiger partial charge on any atom is -0.349 e. The van der Waals surface area contributed by atoms with Crippen molar-refractivity contribution in [2.45, 2.75) is 31.5 Å². The summed E-state index contributed by atoms with van der Waals surface area (Å²) in [7, 11) is 0. The number of carbonyl (C=O) groups excluding carboxylic acids is 1. The lowest BCUT2D eigenvalue weighted by molar-refractivity contribution is -0.138. The number of hydrogen-bond donors (Lipinski definition) is 2. The minimum atomic E-state index is -4.38. The molecule has 1 aliphatic rings. The predicted molar refractivity (Wildman–Crippen MR) is 73.4 cm³/mol. The van der Waals surface area contributed by atoms with E-state index >= 15 is 0 Å². The smallest absolute Gasteiger partial charge is 0.349 e. The van der Waals surface area contributed by atoms with Gasteiger partial charge in [0.2, 0.25) is 0 Å². The van der Waals surface area contributed by atoms with Gasteiger partial charge >= 0.3 is 6.18 Å². The number of rotatable bonds is 3. The van der Waals surface area contributed by atoms with Gasteiger partial charge in [-0.2, -0.15) is 18.3 Å². The van der Waals surface area contributed by atoms with Crippen LogP contribution in [0.1, 0.15) is 39.5 Å². The summed E-state index contributed by atoms with van der Waals surface area (Å²) in [5, 5.41) is 9.17. The van der Waals surface area contributed by atoms with Crippen LogP contribution in [-0.2, 0) is 6.18 Å². The van der Waals surface area contributed by atoms with Crippen molar-refractivity contribution in [3.05, 3.63) is 52.8 Å². The Morgan fingerprint density at radius 3 is 2.73 bits per heavy atom. The highest BCUT2D eigenvalue weighted by Gasteiger charge is 2.45. The SMILES string of the molecule is Cc1[nH]ncc1C(=O)NC1CC1c1ccccc1C(F)(F)F. The monoisotopic (exact) mass is 309 g/mol. The van der Waals surface area contributed by atoms with Gasteiger partial charge in [-0.3, -0.25) is 9.89 Å². The van der Waals surface area contributed by atoms with E-state index in [9.17, 15) is 18.0 Å². The molecule has 1 heterocycles. The highest BCUT2D eigenvalue weighted by molar-refractivity contribution is 5.95. The van der Waals surface area contributed by atoms with Crippen molar-refractivity contribution in [3.8, 4) is 0 Å². The fraction of sp³-hybridized carbons (Fsp3) is 0.333. The maximum atomic E-state index is 13.0. The van der Waals surface area contributed by atoms with Gasteiger partial charge in [0, 0.05) is 17.7 Å². The predicted octanol–water partition coefficient (Wildman–Crippen LogP) is 3.02. The first-order valence-electron chi connectivity index (χ1n) is 6.85. The molecule has 0 spiro atoms. The van der Waals surface area contributed by atoms with Gasteiger partial charge in [0.05, 0.1) is 17.3 Å². The topological polar surface area (TPSA) is 57.8 Å². The van der Waals surface area contributed by atoms with Crippen LogP contribution in [0.2, 0.25) is 0 Å². The van der Waals surface area contributed by atoms with Crippen LogP contribution in [0.3, 0.4) is 0 Å². The minimum absolute atomic E-state index is 0.240. The molecule has 22 heavy (non-hydrogen) atoms. The van der Waals surface area contributed by atoms with Crippen LogP contribution in [0.5, 0.6) is 0 Å². The number of aromatic amines is 1. The van der Waals surface area contributed by atoms with E-state index < -0.39 is 11.7 Å². The van der Waals surface area contributed by atoms with Crippen molar-refractivity contribution in [1.29, 1.82) is 0 Å². The van der Waals surface area contributed by atoms with Gasteiger partial charge in [-0.1, -0.05) is 18.2 Å². The summed E-state index contributed by atoms with van der Waals surface area (Å²) in [5.41, 5.74) is 0.653. The van der Waals surface area contributed by atoms with Gasteiger partial charge in [-0.05, 0) is 25.0 Å². The summed E-state index contributed by atoms with van der Waals surface area (Å²) in [6.07, 6.45) is -2.46. The molecule has 116 valence electrons. The highest BCUT2D eigenvalue weighted by Crippen LogP contribution is 2.46. The Bertz CT molecular complexity index is 708. The molecule has 1 aromatic carbocycles. The average molecular weight is 309 g/mol. The summed E-state index contributed by atoms with van der Waals surface area (Å²) in [4.78, 5) is 12.0. The molecule has 0 aliphatic heterocycles. The first-order valence-corrected chi connectivity index (χ1v) is 6.85. The van der Waals surface area contributed by atoms with Crippen LogP contribution in [0, 0.1) is 6.92 Å². The Kier molecular flexibility index (Phi) is 3.42. The fourth-order valence-corrected chi connectivity index (χ4v) is 2.60. The molecular weight excluding hydrogens is 295 g/mol. The molecule has 2 aromatic rings. The number of aryl methyl sites for hydroxylation is 1. The first-order chi connectivity index (χ1) is 10.4. The summed E-state index contributed by atoms with van der Waals surface area (Å²) < 4.78 is 39.0. The second-order valence-electron chi connectivity index (χ2n) is 5.42. The van der Waals surface area contributed by atoms with Crippen LogP contribution in [-0.4, -0.2) is 22.1 Å². The number of carbonyl (C=O) groups is 1. The van der Waals surface area contributed by atoms with E-state index in [1.807, 2.05) is 0 Å². The molecule has 2 atom stereocenters. The summed E-state index contributed by atoms with van der Waals surface area (Å²) in [6, 6.07) is 5.24. The van der Waals surface area contributed by atoms with Crippen LogP contribution >= 0.6 is 0 Å². The quantitative estimate of drug-likeness (QED) is 0.915. The Hall–Kier alpha value is -2.31. The third kappa shape index (κ3) is 2.70. The van der Waals surface area contributed by atoms with Gasteiger partial charge < -0.3 is 5.32 Å². The lowest BCUT2D eigenvalue weighted by Crippen LogP contribution is -2.27. The van der Waals surface area contributed by atoms with Gasteiger partial charge in [0.15, 0.2) is 0 Å². The molecule has 0 radical (unpaired) electrons. The molecule has 7 heteroatoms. The number of nitrogens with one attached hydrogen (secondary N) is 2. The maximum absolute atomic E-state index is 13.0. The Morgan fingerprint density at radius 1 is 1.36 bits per heavy atom. The lowest BCUT2D eigenvalue weighted by atomic mass is 10.0. The number of hydrogen-bond acceptors (Lipinski definition) is 2. The van der Waals surface area contributed by atoms with Crippen molar-refractivity contribution in [2.75, 3.05) is 0 Å². The van der Waals surface area contributed by atoms with E-state index in [-0.39, 0.29) is 23.4 Å². The largest absolute Gasteiger partial charge is 0.416 e. The van der Waals surface area contributed by atoms with Crippen molar-refractivity contribution in [1.82, 2.24) is 15.5 Å². The molecule has 2 N–H and O–H groups in total. The number of H-pyrrole nitrogens is 1. The molecule has 3 rings (SSSR count). The van der Waals surface area contributed by atoms with E-state index in [1.54, 1.807) is 13.0 Å². The number of nitrogens with zero attached hydrogens (tertiary/aromatic N) is 1. The molecular formula is C15H14F3N3O. The van der Waals surface area contributed by atoms with Crippen molar-refractivity contribution >= 4 is 5.91 Å². The first kappa shape index (κ1) is 14.6. The Morgan fingerprint density at radius 2 is 2.09 bits per heavy atom. The third-order valence-corrected chi connectivity index (χ3v) is 3.85. The van der Waals surface area contributed by atoms with Crippen LogP contribution in [0.25, 0.3) is 0 Å². The summed E-state index contributed by atoms with van der Waals surface area (Å²) in [6.45, 7) is 1.71. The van der Waals surface area contributed by atoms with E-state index in [0.29, 0.717) is 17.7 Å². The standard InChI is InChI=1S/C15H14F3N3O/c1-8-11(7-19-21-8)14(22)20-13-6-10(13)9-4-2-3-5-12(9)15(16,17)18/h2-5,7,10,13H,6H2,1H3,(H,19,21)(H,20,22). The van der Waals surface area contributed by atoms with Gasteiger partial charge in [0.25, 0.3) is 5.91 Å². The van der Waals surface area contributed by atoms with Crippen molar-refractivity contribution < 1.29 is 18.0 Å². The zero-order valence-electron chi connectivity index (χ0n) is 11.7. The zero-order valence-corrected chi connectivity index (χ0v) is 11.7. The number of amides is 1. The third-order valence-electron chi connectivity index (χ3n) is 3.85. The van der Waals surface area contributed by atoms with Gasteiger partial charge in [-0.15, -0.1) is 0 Å². The Balaban J connectivity index is 1.73.